The number of alkyl halides is 2. The minimum absolute atomic E-state index is 0.314. The first-order valence-corrected chi connectivity index (χ1v) is 5.27. The van der Waals surface area contributed by atoms with E-state index in [4.69, 9.17) is 4.74 Å². The Bertz CT molecular complexity index is 121. The standard InChI is InChI=1S/C10H21F2NO2/c1-9(2)7-14-5-3-13-4-6-15-8-10(11)12/h9-10,13H,3-8H2,1-2H3. The number of ether oxygens (including phenoxy) is 2. The molecule has 0 radical (unpaired) electrons. The van der Waals surface area contributed by atoms with Crippen LogP contribution in [0.2, 0.25) is 0 Å². The minimum Gasteiger partial charge on any atom is -0.380 e. The summed E-state index contributed by atoms with van der Waals surface area (Å²) in [5.41, 5.74) is 0. The van der Waals surface area contributed by atoms with Crippen molar-refractivity contribution >= 4 is 0 Å². The predicted octanol–water partition coefficient (Wildman–Crippen LogP) is 1.53. The molecule has 0 atom stereocenters. The molecule has 3 nitrogen and oxygen atoms in total. The quantitative estimate of drug-likeness (QED) is 0.572. The van der Waals surface area contributed by atoms with Gasteiger partial charge in [0.1, 0.15) is 6.61 Å². The van der Waals surface area contributed by atoms with E-state index < -0.39 is 13.0 Å². The molecule has 0 fully saturated rings. The number of hydrogen-bond acceptors (Lipinski definition) is 3. The largest absolute Gasteiger partial charge is 0.380 e. The van der Waals surface area contributed by atoms with Crippen molar-refractivity contribution in [3.05, 3.63) is 0 Å². The second-order valence-corrected chi connectivity index (χ2v) is 3.68. The fourth-order valence-electron chi connectivity index (χ4n) is 0.905. The number of rotatable bonds is 10. The number of nitrogens with one attached hydrogen (secondary N) is 1. The van der Waals surface area contributed by atoms with Crippen LogP contribution in [0, 0.1) is 5.92 Å². The normalized spacial score (nSPS) is 11.6. The Balaban J connectivity index is 2.93. The topological polar surface area (TPSA) is 30.5 Å². The Hall–Kier alpha value is -0.260. The SMILES string of the molecule is CC(C)COCCNCCOCC(F)F. The van der Waals surface area contributed by atoms with Crippen LogP contribution in [0.3, 0.4) is 0 Å². The average Bonchev–Trinajstić information content (AvgIpc) is 2.14. The van der Waals surface area contributed by atoms with Crippen molar-refractivity contribution in [1.82, 2.24) is 5.32 Å². The van der Waals surface area contributed by atoms with Gasteiger partial charge < -0.3 is 14.8 Å². The van der Waals surface area contributed by atoms with Crippen LogP contribution in [0.4, 0.5) is 8.78 Å². The van der Waals surface area contributed by atoms with Crippen molar-refractivity contribution in [2.75, 3.05) is 39.5 Å². The second-order valence-electron chi connectivity index (χ2n) is 3.68. The van der Waals surface area contributed by atoms with Gasteiger partial charge >= 0.3 is 0 Å². The first kappa shape index (κ1) is 14.7. The first-order valence-electron chi connectivity index (χ1n) is 5.27. The van der Waals surface area contributed by atoms with Crippen LogP contribution in [0.1, 0.15) is 13.8 Å². The van der Waals surface area contributed by atoms with Gasteiger partial charge in [-0.25, -0.2) is 8.78 Å². The highest BCUT2D eigenvalue weighted by atomic mass is 19.3. The highest BCUT2D eigenvalue weighted by molar-refractivity contribution is 4.46. The number of hydrogen-bond donors (Lipinski definition) is 1. The van der Waals surface area contributed by atoms with E-state index in [9.17, 15) is 8.78 Å². The van der Waals surface area contributed by atoms with Crippen LogP contribution in [0.25, 0.3) is 0 Å². The van der Waals surface area contributed by atoms with Gasteiger partial charge in [0.25, 0.3) is 6.43 Å². The summed E-state index contributed by atoms with van der Waals surface area (Å²) in [6.07, 6.45) is -2.38. The minimum atomic E-state index is -2.38. The summed E-state index contributed by atoms with van der Waals surface area (Å²) in [5, 5.41) is 3.04. The van der Waals surface area contributed by atoms with E-state index in [2.05, 4.69) is 23.9 Å². The van der Waals surface area contributed by atoms with Crippen molar-refractivity contribution in [2.45, 2.75) is 20.3 Å². The molecule has 0 aromatic rings. The van der Waals surface area contributed by atoms with E-state index in [0.29, 0.717) is 25.7 Å². The fraction of sp³-hybridized carbons (Fsp3) is 1.00. The van der Waals surface area contributed by atoms with E-state index in [1.165, 1.54) is 0 Å². The Morgan fingerprint density at radius 2 is 1.53 bits per heavy atom. The van der Waals surface area contributed by atoms with Gasteiger partial charge in [-0.2, -0.15) is 0 Å². The first-order chi connectivity index (χ1) is 7.13. The lowest BCUT2D eigenvalue weighted by Gasteiger charge is -2.08. The van der Waals surface area contributed by atoms with Gasteiger partial charge in [0.15, 0.2) is 0 Å². The van der Waals surface area contributed by atoms with Crippen LogP contribution in [-0.2, 0) is 9.47 Å². The van der Waals surface area contributed by atoms with Crippen molar-refractivity contribution in [3.63, 3.8) is 0 Å². The van der Waals surface area contributed by atoms with E-state index in [0.717, 1.165) is 13.2 Å². The summed E-state index contributed by atoms with van der Waals surface area (Å²) in [6, 6.07) is 0. The molecule has 0 rings (SSSR count). The smallest absolute Gasteiger partial charge is 0.261 e. The molecule has 0 bridgehead atoms. The molecule has 0 aliphatic rings. The molecule has 15 heavy (non-hydrogen) atoms. The van der Waals surface area contributed by atoms with Crippen LogP contribution < -0.4 is 5.32 Å². The molecular weight excluding hydrogens is 204 g/mol. The summed E-state index contributed by atoms with van der Waals surface area (Å²) in [7, 11) is 0. The molecule has 5 heteroatoms. The Kier molecular flexibility index (Phi) is 10.1. The van der Waals surface area contributed by atoms with Gasteiger partial charge in [-0.1, -0.05) is 13.8 Å². The highest BCUT2D eigenvalue weighted by Gasteiger charge is 2.00. The van der Waals surface area contributed by atoms with Crippen LogP contribution in [0.5, 0.6) is 0 Å². The maximum atomic E-state index is 11.6. The van der Waals surface area contributed by atoms with Gasteiger partial charge in [-0.05, 0) is 5.92 Å². The Morgan fingerprint density at radius 3 is 2.00 bits per heavy atom. The number of halogens is 2. The fourth-order valence-corrected chi connectivity index (χ4v) is 0.905. The third-order valence-electron chi connectivity index (χ3n) is 1.54. The van der Waals surface area contributed by atoms with Crippen molar-refractivity contribution < 1.29 is 18.3 Å². The molecule has 0 aromatic carbocycles. The van der Waals surface area contributed by atoms with E-state index in [1.807, 2.05) is 0 Å². The zero-order chi connectivity index (χ0) is 11.5. The lowest BCUT2D eigenvalue weighted by molar-refractivity contribution is 0.0182. The lowest BCUT2D eigenvalue weighted by atomic mass is 10.2. The maximum Gasteiger partial charge on any atom is 0.261 e. The van der Waals surface area contributed by atoms with Gasteiger partial charge in [-0.15, -0.1) is 0 Å². The predicted molar refractivity (Wildman–Crippen MR) is 55.3 cm³/mol. The summed E-state index contributed by atoms with van der Waals surface area (Å²) < 4.78 is 33.2. The van der Waals surface area contributed by atoms with Gasteiger partial charge in [0.2, 0.25) is 0 Å². The van der Waals surface area contributed by atoms with Gasteiger partial charge in [-0.3, -0.25) is 0 Å². The Labute approximate surface area is 90.1 Å². The molecule has 0 heterocycles. The molecule has 0 aliphatic heterocycles. The van der Waals surface area contributed by atoms with Crippen molar-refractivity contribution in [2.24, 2.45) is 5.92 Å². The highest BCUT2D eigenvalue weighted by Crippen LogP contribution is 1.92. The van der Waals surface area contributed by atoms with E-state index in [-0.39, 0.29) is 0 Å². The maximum absolute atomic E-state index is 11.6. The Morgan fingerprint density at radius 1 is 1.00 bits per heavy atom. The van der Waals surface area contributed by atoms with Crippen molar-refractivity contribution in [3.8, 4) is 0 Å². The molecule has 0 aromatic heterocycles. The third-order valence-corrected chi connectivity index (χ3v) is 1.54. The summed E-state index contributed by atoms with van der Waals surface area (Å²) in [4.78, 5) is 0. The zero-order valence-corrected chi connectivity index (χ0v) is 9.47. The molecule has 1 N–H and O–H groups in total. The van der Waals surface area contributed by atoms with Gasteiger partial charge in [0, 0.05) is 19.7 Å². The summed E-state index contributed by atoms with van der Waals surface area (Å²) in [5.74, 6) is 0.541. The molecule has 0 unspecified atom stereocenters. The second kappa shape index (κ2) is 10.3. The molecule has 0 amide bonds. The average molecular weight is 225 g/mol. The third kappa shape index (κ3) is 13.7. The molecule has 0 saturated carbocycles. The van der Waals surface area contributed by atoms with Crippen LogP contribution in [0.15, 0.2) is 0 Å². The lowest BCUT2D eigenvalue weighted by Crippen LogP contribution is -2.25. The van der Waals surface area contributed by atoms with E-state index >= 15 is 0 Å². The van der Waals surface area contributed by atoms with Crippen LogP contribution >= 0.6 is 0 Å². The summed E-state index contributed by atoms with van der Waals surface area (Å²) in [6.45, 7) is 6.72. The molecule has 0 saturated heterocycles. The summed E-state index contributed by atoms with van der Waals surface area (Å²) >= 11 is 0. The van der Waals surface area contributed by atoms with Crippen LogP contribution in [-0.4, -0.2) is 45.9 Å². The molecule has 92 valence electrons. The molecular formula is C10H21F2NO2. The van der Waals surface area contributed by atoms with E-state index in [1.54, 1.807) is 0 Å². The molecule has 0 aliphatic carbocycles. The van der Waals surface area contributed by atoms with Gasteiger partial charge in [0.05, 0.1) is 13.2 Å². The monoisotopic (exact) mass is 225 g/mol. The van der Waals surface area contributed by atoms with Crippen molar-refractivity contribution in [1.29, 1.82) is 0 Å². The molecule has 0 spiro atoms. The zero-order valence-electron chi connectivity index (χ0n) is 9.47.